The van der Waals surface area contributed by atoms with Crippen LogP contribution in [0.4, 0.5) is 0 Å². The number of hydrogen-bond donors (Lipinski definition) is 0. The van der Waals surface area contributed by atoms with Crippen molar-refractivity contribution >= 4 is 54.8 Å². The molecule has 1 aromatic heterocycles. The molecule has 4 aromatic carbocycles. The highest BCUT2D eigenvalue weighted by Gasteiger charge is 2.34. The Hall–Kier alpha value is -3.21. The number of carbonyl (C=O) groups is 2. The quantitative estimate of drug-likeness (QED) is 0.272. The van der Waals surface area contributed by atoms with Crippen molar-refractivity contribution in [1.29, 1.82) is 0 Å². The lowest BCUT2D eigenvalue weighted by Crippen LogP contribution is -2.22. The van der Waals surface area contributed by atoms with Gasteiger partial charge in [0.15, 0.2) is 11.6 Å². The minimum atomic E-state index is -0.0706. The first kappa shape index (κ1) is 19.5. The first-order valence-electron chi connectivity index (χ1n) is 10.4. The normalized spacial score (nSPS) is 12.9. The van der Waals surface area contributed by atoms with Crippen molar-refractivity contribution in [2.24, 2.45) is 0 Å². The summed E-state index contributed by atoms with van der Waals surface area (Å²) in [6.07, 6.45) is 0. The van der Waals surface area contributed by atoms with Crippen LogP contribution in [0.25, 0.3) is 20.2 Å². The SMILES string of the molecule is Cc1ccc(Sc2cc3sc4ccc(C)cc4c3c3c2C(=O)c2ccccc2C3=O)cc1. The Morgan fingerprint density at radius 1 is 0.688 bits per heavy atom. The van der Waals surface area contributed by atoms with Crippen LogP contribution in [-0.4, -0.2) is 11.6 Å². The molecule has 0 unspecified atom stereocenters. The molecule has 1 heterocycles. The summed E-state index contributed by atoms with van der Waals surface area (Å²) in [7, 11) is 0. The minimum Gasteiger partial charge on any atom is -0.289 e. The maximum Gasteiger partial charge on any atom is 0.195 e. The highest BCUT2D eigenvalue weighted by atomic mass is 32.2. The molecule has 0 bridgehead atoms. The number of aryl methyl sites for hydroxylation is 2. The van der Waals surface area contributed by atoms with Gasteiger partial charge in [0.1, 0.15) is 0 Å². The van der Waals surface area contributed by atoms with Gasteiger partial charge in [-0.3, -0.25) is 9.59 Å². The van der Waals surface area contributed by atoms with Crippen LogP contribution >= 0.6 is 23.1 Å². The fourth-order valence-corrected chi connectivity index (χ4v) is 6.65. The van der Waals surface area contributed by atoms with Crippen LogP contribution in [0.15, 0.2) is 82.6 Å². The Morgan fingerprint density at radius 2 is 1.34 bits per heavy atom. The third kappa shape index (κ3) is 2.87. The summed E-state index contributed by atoms with van der Waals surface area (Å²) in [4.78, 5) is 29.4. The number of ketones is 2. The van der Waals surface area contributed by atoms with E-state index in [1.54, 1.807) is 35.2 Å². The van der Waals surface area contributed by atoms with Crippen LogP contribution in [0, 0.1) is 13.8 Å². The molecule has 0 spiro atoms. The van der Waals surface area contributed by atoms with E-state index in [2.05, 4.69) is 62.4 Å². The summed E-state index contributed by atoms with van der Waals surface area (Å²) in [5.41, 5.74) is 4.40. The third-order valence-corrected chi connectivity index (χ3v) is 8.17. The summed E-state index contributed by atoms with van der Waals surface area (Å²) in [6.45, 7) is 4.11. The number of carbonyl (C=O) groups excluding carboxylic acids is 2. The molecule has 1 aliphatic carbocycles. The van der Waals surface area contributed by atoms with E-state index in [-0.39, 0.29) is 11.6 Å². The van der Waals surface area contributed by atoms with Crippen molar-refractivity contribution in [3.05, 3.63) is 106 Å². The van der Waals surface area contributed by atoms with Gasteiger partial charge < -0.3 is 0 Å². The Morgan fingerprint density at radius 3 is 2.06 bits per heavy atom. The molecule has 2 nitrogen and oxygen atoms in total. The molecule has 32 heavy (non-hydrogen) atoms. The zero-order valence-electron chi connectivity index (χ0n) is 17.6. The van der Waals surface area contributed by atoms with Gasteiger partial charge in [0, 0.05) is 52.2 Å². The molecule has 0 radical (unpaired) electrons. The maximum atomic E-state index is 13.8. The second kappa shape index (κ2) is 7.16. The molecule has 0 saturated carbocycles. The molecule has 4 heteroatoms. The molecule has 0 aliphatic heterocycles. The number of thiophene rings is 1. The predicted molar refractivity (Wildman–Crippen MR) is 133 cm³/mol. The van der Waals surface area contributed by atoms with Gasteiger partial charge in [-0.1, -0.05) is 65.4 Å². The standard InChI is InChI=1S/C28H18O2S2/c1-15-7-10-17(11-8-15)31-23-14-22-24(20-13-16(2)9-12-21(20)32-22)26-25(23)27(29)18-5-3-4-6-19(18)28(26)30/h3-14H,1-2H3. The lowest BCUT2D eigenvalue weighted by atomic mass is 9.82. The zero-order valence-corrected chi connectivity index (χ0v) is 19.2. The number of fused-ring (bicyclic) bond motifs is 6. The van der Waals surface area contributed by atoms with Gasteiger partial charge in [-0.2, -0.15) is 0 Å². The average molecular weight is 451 g/mol. The molecule has 0 saturated heterocycles. The summed E-state index contributed by atoms with van der Waals surface area (Å²) in [5, 5.41) is 1.96. The van der Waals surface area contributed by atoms with Crippen molar-refractivity contribution in [1.82, 2.24) is 0 Å². The largest absolute Gasteiger partial charge is 0.289 e. The zero-order chi connectivity index (χ0) is 22.0. The van der Waals surface area contributed by atoms with Gasteiger partial charge in [0.25, 0.3) is 0 Å². The molecule has 0 atom stereocenters. The number of rotatable bonds is 2. The Kier molecular flexibility index (Phi) is 4.36. The monoisotopic (exact) mass is 450 g/mol. The first-order chi connectivity index (χ1) is 15.5. The molecule has 1 aliphatic rings. The van der Waals surface area contributed by atoms with Gasteiger partial charge in [-0.25, -0.2) is 0 Å². The van der Waals surface area contributed by atoms with Crippen LogP contribution in [-0.2, 0) is 0 Å². The van der Waals surface area contributed by atoms with E-state index in [0.29, 0.717) is 22.3 Å². The maximum absolute atomic E-state index is 13.8. The Balaban J connectivity index is 1.70. The van der Waals surface area contributed by atoms with Crippen molar-refractivity contribution < 1.29 is 9.59 Å². The number of benzene rings is 4. The topological polar surface area (TPSA) is 34.1 Å². The fourth-order valence-electron chi connectivity index (χ4n) is 4.44. The molecule has 0 fully saturated rings. The van der Waals surface area contributed by atoms with E-state index >= 15 is 0 Å². The van der Waals surface area contributed by atoms with Crippen molar-refractivity contribution in [3.63, 3.8) is 0 Å². The van der Waals surface area contributed by atoms with E-state index in [1.807, 2.05) is 12.1 Å². The van der Waals surface area contributed by atoms with Gasteiger partial charge >= 0.3 is 0 Å². The van der Waals surface area contributed by atoms with E-state index < -0.39 is 0 Å². The molecular formula is C28H18O2S2. The van der Waals surface area contributed by atoms with Crippen LogP contribution in [0.2, 0.25) is 0 Å². The lowest BCUT2D eigenvalue weighted by Gasteiger charge is -2.21. The van der Waals surface area contributed by atoms with Gasteiger partial charge in [0.05, 0.1) is 0 Å². The molecule has 0 N–H and O–H groups in total. The van der Waals surface area contributed by atoms with Crippen molar-refractivity contribution in [2.45, 2.75) is 23.6 Å². The molecule has 154 valence electrons. The molecule has 0 amide bonds. The van der Waals surface area contributed by atoms with E-state index in [1.165, 1.54) is 5.56 Å². The van der Waals surface area contributed by atoms with Gasteiger partial charge in [-0.15, -0.1) is 11.3 Å². The highest BCUT2D eigenvalue weighted by Crippen LogP contribution is 2.46. The second-order valence-electron chi connectivity index (χ2n) is 8.22. The third-order valence-electron chi connectivity index (χ3n) is 6.00. The lowest BCUT2D eigenvalue weighted by molar-refractivity contribution is 0.0978. The molecular weight excluding hydrogens is 432 g/mol. The molecule has 6 rings (SSSR count). The number of hydrogen-bond acceptors (Lipinski definition) is 4. The summed E-state index contributed by atoms with van der Waals surface area (Å²) in [6, 6.07) is 23.9. The second-order valence-corrected chi connectivity index (χ2v) is 10.4. The van der Waals surface area contributed by atoms with E-state index in [9.17, 15) is 9.59 Å². The highest BCUT2D eigenvalue weighted by molar-refractivity contribution is 7.99. The average Bonchev–Trinajstić information content (AvgIpc) is 3.15. The molecule has 5 aromatic rings. The van der Waals surface area contributed by atoms with Crippen LogP contribution < -0.4 is 0 Å². The fraction of sp³-hybridized carbons (Fsp3) is 0.0714. The van der Waals surface area contributed by atoms with E-state index in [0.717, 1.165) is 35.5 Å². The van der Waals surface area contributed by atoms with Crippen molar-refractivity contribution in [3.8, 4) is 0 Å². The van der Waals surface area contributed by atoms with E-state index in [4.69, 9.17) is 0 Å². The van der Waals surface area contributed by atoms with Crippen LogP contribution in [0.5, 0.6) is 0 Å². The Bertz CT molecular complexity index is 1590. The smallest absolute Gasteiger partial charge is 0.195 e. The minimum absolute atomic E-state index is 0.0623. The van der Waals surface area contributed by atoms with Crippen molar-refractivity contribution in [2.75, 3.05) is 0 Å². The van der Waals surface area contributed by atoms with Crippen LogP contribution in [0.1, 0.15) is 43.0 Å². The summed E-state index contributed by atoms with van der Waals surface area (Å²) in [5.74, 6) is -0.133. The van der Waals surface area contributed by atoms with Gasteiger partial charge in [0.2, 0.25) is 0 Å². The summed E-state index contributed by atoms with van der Waals surface area (Å²) >= 11 is 3.23. The van der Waals surface area contributed by atoms with Gasteiger partial charge in [-0.05, 0) is 44.2 Å². The Labute approximate surface area is 193 Å². The summed E-state index contributed by atoms with van der Waals surface area (Å²) < 4.78 is 2.17. The first-order valence-corrected chi connectivity index (χ1v) is 12.1. The predicted octanol–water partition coefficient (Wildman–Crippen LogP) is 7.60. The van der Waals surface area contributed by atoms with Crippen LogP contribution in [0.3, 0.4) is 0 Å².